The van der Waals surface area contributed by atoms with Crippen LogP contribution in [0.5, 0.6) is 0 Å². The highest BCUT2D eigenvalue weighted by molar-refractivity contribution is 7.19. The molecule has 0 unspecified atom stereocenters. The summed E-state index contributed by atoms with van der Waals surface area (Å²) in [5, 5.41) is 1.05. The van der Waals surface area contributed by atoms with Gasteiger partial charge >= 0.3 is 0 Å². The van der Waals surface area contributed by atoms with Crippen molar-refractivity contribution in [3.63, 3.8) is 0 Å². The average Bonchev–Trinajstić information content (AvgIpc) is 3.03. The van der Waals surface area contributed by atoms with Crippen LogP contribution in [-0.2, 0) is 0 Å². The molecule has 0 atom stereocenters. The van der Waals surface area contributed by atoms with E-state index in [1.54, 1.807) is 11.3 Å². The monoisotopic (exact) mass is 341 g/mol. The molecule has 0 saturated carbocycles. The predicted octanol–water partition coefficient (Wildman–Crippen LogP) is 6.75. The molecule has 1 heterocycles. The third-order valence-electron chi connectivity index (χ3n) is 4.46. The van der Waals surface area contributed by atoms with Gasteiger partial charge in [-0.1, -0.05) is 60.7 Å². The summed E-state index contributed by atoms with van der Waals surface area (Å²) in [5.74, 6) is 0. The topological polar surface area (TPSA) is 12.9 Å². The van der Waals surface area contributed by atoms with E-state index in [0.717, 1.165) is 10.5 Å². The molecule has 0 aliphatic heterocycles. The van der Waals surface area contributed by atoms with Crippen molar-refractivity contribution in [2.24, 2.45) is 0 Å². The van der Waals surface area contributed by atoms with Crippen molar-refractivity contribution in [3.05, 3.63) is 88.4 Å². The van der Waals surface area contributed by atoms with Gasteiger partial charge in [-0.2, -0.15) is 0 Å². The van der Waals surface area contributed by atoms with Gasteiger partial charge in [-0.05, 0) is 59.9 Å². The third-order valence-corrected chi connectivity index (χ3v) is 5.44. The van der Waals surface area contributed by atoms with Gasteiger partial charge in [0.15, 0.2) is 0 Å². The molecule has 25 heavy (non-hydrogen) atoms. The fraction of sp³-hybridized carbons (Fsp3) is 0.0870. The molecule has 0 fully saturated rings. The lowest BCUT2D eigenvalue weighted by atomic mass is 10.0. The molecule has 1 aromatic heterocycles. The molecule has 0 saturated heterocycles. The fourth-order valence-corrected chi connectivity index (χ4v) is 3.80. The quantitative estimate of drug-likeness (QED) is 0.401. The second-order valence-corrected chi connectivity index (χ2v) is 7.34. The zero-order valence-electron chi connectivity index (χ0n) is 14.4. The number of aromatic nitrogens is 1. The molecule has 122 valence electrons. The molecule has 2 heteroatoms. The highest BCUT2D eigenvalue weighted by Gasteiger charge is 2.04. The normalized spacial score (nSPS) is 11.4. The van der Waals surface area contributed by atoms with Gasteiger partial charge in [0, 0.05) is 0 Å². The van der Waals surface area contributed by atoms with E-state index in [1.807, 2.05) is 6.07 Å². The summed E-state index contributed by atoms with van der Waals surface area (Å²) in [7, 11) is 0. The van der Waals surface area contributed by atoms with Crippen LogP contribution in [0.2, 0.25) is 0 Å². The lowest BCUT2D eigenvalue weighted by Gasteiger charge is -2.01. The van der Waals surface area contributed by atoms with Crippen molar-refractivity contribution in [1.82, 2.24) is 4.98 Å². The first-order valence-corrected chi connectivity index (χ1v) is 9.22. The number of hydrogen-bond donors (Lipinski definition) is 0. The third kappa shape index (κ3) is 3.40. The Bertz CT molecular complexity index is 1000. The minimum Gasteiger partial charge on any atom is -0.237 e. The van der Waals surface area contributed by atoms with Crippen LogP contribution in [0.25, 0.3) is 33.5 Å². The summed E-state index contributed by atoms with van der Waals surface area (Å²) in [6, 6.07) is 23.5. The van der Waals surface area contributed by atoms with Gasteiger partial charge in [0.25, 0.3) is 0 Å². The molecule has 0 bridgehead atoms. The Labute approximate surface area is 152 Å². The second-order valence-electron chi connectivity index (χ2n) is 6.28. The highest BCUT2D eigenvalue weighted by atomic mass is 32.1. The van der Waals surface area contributed by atoms with Crippen LogP contribution in [0.1, 0.15) is 21.7 Å². The Morgan fingerprint density at radius 1 is 0.760 bits per heavy atom. The van der Waals surface area contributed by atoms with Crippen molar-refractivity contribution in [1.29, 1.82) is 0 Å². The molecule has 0 N–H and O–H groups in total. The Kier molecular flexibility index (Phi) is 4.21. The van der Waals surface area contributed by atoms with E-state index in [2.05, 4.69) is 86.7 Å². The Morgan fingerprint density at radius 2 is 1.44 bits per heavy atom. The molecule has 0 amide bonds. The highest BCUT2D eigenvalue weighted by Crippen LogP contribution is 2.26. The van der Waals surface area contributed by atoms with E-state index in [9.17, 15) is 0 Å². The first-order chi connectivity index (χ1) is 12.2. The largest absolute Gasteiger partial charge is 0.237 e. The molecule has 1 nitrogen and oxygen atoms in total. The van der Waals surface area contributed by atoms with Crippen LogP contribution in [0.3, 0.4) is 0 Å². The van der Waals surface area contributed by atoms with Crippen molar-refractivity contribution in [3.8, 4) is 11.1 Å². The van der Waals surface area contributed by atoms with Crippen LogP contribution in [0.15, 0.2) is 66.7 Å². The summed E-state index contributed by atoms with van der Waals surface area (Å²) < 4.78 is 1.25. The van der Waals surface area contributed by atoms with E-state index in [1.165, 1.54) is 32.5 Å². The number of fused-ring (bicyclic) bond motifs is 1. The maximum Gasteiger partial charge on any atom is 0.117 e. The Hall–Kier alpha value is -2.71. The number of rotatable bonds is 3. The average molecular weight is 341 g/mol. The van der Waals surface area contributed by atoms with E-state index in [0.29, 0.717) is 0 Å². The van der Waals surface area contributed by atoms with Gasteiger partial charge < -0.3 is 0 Å². The van der Waals surface area contributed by atoms with Gasteiger partial charge in [-0.25, -0.2) is 4.98 Å². The molecular weight excluding hydrogens is 322 g/mol. The van der Waals surface area contributed by atoms with Crippen LogP contribution in [0.4, 0.5) is 0 Å². The lowest BCUT2D eigenvalue weighted by molar-refractivity contribution is 1.35. The van der Waals surface area contributed by atoms with Crippen LogP contribution >= 0.6 is 11.3 Å². The van der Waals surface area contributed by atoms with Gasteiger partial charge in [0.05, 0.1) is 10.2 Å². The van der Waals surface area contributed by atoms with E-state index < -0.39 is 0 Å². The predicted molar refractivity (Wildman–Crippen MR) is 110 cm³/mol. The number of hydrogen-bond acceptors (Lipinski definition) is 2. The van der Waals surface area contributed by atoms with Gasteiger partial charge in [-0.3, -0.25) is 0 Å². The molecule has 0 spiro atoms. The number of benzene rings is 3. The Balaban J connectivity index is 1.57. The van der Waals surface area contributed by atoms with E-state index in [4.69, 9.17) is 4.98 Å². The summed E-state index contributed by atoms with van der Waals surface area (Å²) in [6.07, 6.45) is 4.24. The maximum atomic E-state index is 4.73. The van der Waals surface area contributed by atoms with Crippen LogP contribution in [0, 0.1) is 13.8 Å². The Morgan fingerprint density at radius 3 is 2.20 bits per heavy atom. The SMILES string of the molecule is Cc1cc2nc(C=Cc3ccc(-c4ccccc4)cc3)sc2cc1C. The fourth-order valence-electron chi connectivity index (χ4n) is 2.85. The number of thiazole rings is 1. The van der Waals surface area contributed by atoms with E-state index >= 15 is 0 Å². The van der Waals surface area contributed by atoms with E-state index in [-0.39, 0.29) is 0 Å². The molecule has 3 aromatic carbocycles. The molecule has 0 radical (unpaired) electrons. The molecule has 4 aromatic rings. The summed E-state index contributed by atoms with van der Waals surface area (Å²) >= 11 is 1.74. The molecule has 0 aliphatic carbocycles. The maximum absolute atomic E-state index is 4.73. The lowest BCUT2D eigenvalue weighted by Crippen LogP contribution is -1.79. The second kappa shape index (κ2) is 6.66. The molecule has 4 rings (SSSR count). The first kappa shape index (κ1) is 15.8. The molecule has 0 aliphatic rings. The smallest absolute Gasteiger partial charge is 0.117 e. The molecular formula is C23H19NS. The number of nitrogens with zero attached hydrogens (tertiary/aromatic N) is 1. The summed E-state index contributed by atoms with van der Waals surface area (Å²) in [6.45, 7) is 4.29. The summed E-state index contributed by atoms with van der Waals surface area (Å²) in [4.78, 5) is 4.73. The van der Waals surface area contributed by atoms with Gasteiger partial charge in [0.2, 0.25) is 0 Å². The first-order valence-electron chi connectivity index (χ1n) is 8.40. The number of aryl methyl sites for hydroxylation is 2. The van der Waals surface area contributed by atoms with Crippen LogP contribution < -0.4 is 0 Å². The van der Waals surface area contributed by atoms with Gasteiger partial charge in [0.1, 0.15) is 5.01 Å². The zero-order valence-corrected chi connectivity index (χ0v) is 15.2. The standard InChI is InChI=1S/C23H19NS/c1-16-14-21-22(15-17(16)2)25-23(24-21)13-10-18-8-11-20(12-9-18)19-6-4-3-5-7-19/h3-15H,1-2H3. The minimum absolute atomic E-state index is 1.05. The zero-order chi connectivity index (χ0) is 17.2. The summed E-state index contributed by atoms with van der Waals surface area (Å²) in [5.41, 5.74) is 7.38. The minimum atomic E-state index is 1.05. The van der Waals surface area contributed by atoms with Crippen molar-refractivity contribution in [2.75, 3.05) is 0 Å². The van der Waals surface area contributed by atoms with Crippen LogP contribution in [-0.4, -0.2) is 4.98 Å². The van der Waals surface area contributed by atoms with Crippen molar-refractivity contribution < 1.29 is 0 Å². The van der Waals surface area contributed by atoms with Gasteiger partial charge in [-0.15, -0.1) is 11.3 Å². The van der Waals surface area contributed by atoms with Crippen molar-refractivity contribution in [2.45, 2.75) is 13.8 Å². The van der Waals surface area contributed by atoms with Crippen molar-refractivity contribution >= 4 is 33.7 Å².